The number of unbranched alkanes of at least 4 members (excludes halogenated alkanes) is 1. The molecule has 0 aromatic carbocycles. The number of hydrogen-bond acceptors (Lipinski definition) is 1. The molecule has 0 aliphatic carbocycles. The Balaban J connectivity index is 2.90. The molecule has 1 N–H and O–H groups in total. The first kappa shape index (κ1) is 11.4. The van der Waals surface area contributed by atoms with Gasteiger partial charge in [-0.05, 0) is 45.7 Å². The van der Waals surface area contributed by atoms with Crippen LogP contribution in [0.1, 0.15) is 32.6 Å². The van der Waals surface area contributed by atoms with E-state index in [0.29, 0.717) is 0 Å². The third-order valence-corrected chi connectivity index (χ3v) is 1.72. The Labute approximate surface area is 76.6 Å². The molecule has 0 aromatic heterocycles. The van der Waals surface area contributed by atoms with Gasteiger partial charge in [0.2, 0.25) is 0 Å². The smallest absolute Gasteiger partial charge is 0.00459 e. The van der Waals surface area contributed by atoms with Gasteiger partial charge in [-0.1, -0.05) is 11.6 Å². The Kier molecular flexibility index (Phi) is 8.14. The van der Waals surface area contributed by atoms with Gasteiger partial charge in [-0.15, -0.1) is 13.2 Å². The molecule has 0 aliphatic rings. The van der Waals surface area contributed by atoms with Crippen LogP contribution in [0, 0.1) is 0 Å². The second-order valence-electron chi connectivity index (χ2n) is 3.24. The van der Waals surface area contributed by atoms with Gasteiger partial charge in [0.05, 0.1) is 0 Å². The van der Waals surface area contributed by atoms with E-state index in [1.165, 1.54) is 18.4 Å². The molecule has 12 heavy (non-hydrogen) atoms. The molecule has 1 nitrogen and oxygen atoms in total. The lowest BCUT2D eigenvalue weighted by molar-refractivity contribution is 0.625. The lowest BCUT2D eigenvalue weighted by atomic mass is 10.2. The molecular weight excluding hydrogens is 146 g/mol. The highest BCUT2D eigenvalue weighted by atomic mass is 14.8. The molecule has 0 saturated heterocycles. The Hall–Kier alpha value is -0.560. The van der Waals surface area contributed by atoms with Crippen molar-refractivity contribution >= 4 is 0 Å². The standard InChI is InChI=1S/C11H21N/c1-4-5-6-9-12-10-7-8-11(2)3/h4,12H,1-2,5-10H2,3H3. The average molecular weight is 167 g/mol. The number of rotatable bonds is 8. The minimum atomic E-state index is 1.11. The zero-order chi connectivity index (χ0) is 9.23. The fourth-order valence-electron chi connectivity index (χ4n) is 1.01. The molecule has 70 valence electrons. The molecule has 0 saturated carbocycles. The molecule has 0 bridgehead atoms. The highest BCUT2D eigenvalue weighted by Gasteiger charge is 1.88. The summed E-state index contributed by atoms with van der Waals surface area (Å²) in [5, 5.41) is 3.39. The molecule has 0 unspecified atom stereocenters. The van der Waals surface area contributed by atoms with Crippen LogP contribution in [0.15, 0.2) is 24.8 Å². The van der Waals surface area contributed by atoms with Crippen molar-refractivity contribution in [2.24, 2.45) is 0 Å². The average Bonchev–Trinajstić information content (AvgIpc) is 2.02. The summed E-state index contributed by atoms with van der Waals surface area (Å²) in [6.45, 7) is 11.8. The lowest BCUT2D eigenvalue weighted by Crippen LogP contribution is -2.16. The van der Waals surface area contributed by atoms with Crippen LogP contribution in [-0.2, 0) is 0 Å². The highest BCUT2D eigenvalue weighted by molar-refractivity contribution is 4.87. The Bertz CT molecular complexity index is 127. The molecular formula is C11H21N. The summed E-state index contributed by atoms with van der Waals surface area (Å²) >= 11 is 0. The SMILES string of the molecule is C=CCCCNCCCC(=C)C. The summed E-state index contributed by atoms with van der Waals surface area (Å²) in [5.74, 6) is 0. The van der Waals surface area contributed by atoms with E-state index < -0.39 is 0 Å². The van der Waals surface area contributed by atoms with Crippen molar-refractivity contribution in [1.82, 2.24) is 5.32 Å². The second-order valence-corrected chi connectivity index (χ2v) is 3.24. The van der Waals surface area contributed by atoms with E-state index in [9.17, 15) is 0 Å². The van der Waals surface area contributed by atoms with Gasteiger partial charge < -0.3 is 5.32 Å². The van der Waals surface area contributed by atoms with Crippen molar-refractivity contribution in [1.29, 1.82) is 0 Å². The monoisotopic (exact) mass is 167 g/mol. The van der Waals surface area contributed by atoms with Crippen molar-refractivity contribution in [3.8, 4) is 0 Å². The van der Waals surface area contributed by atoms with Crippen LogP contribution < -0.4 is 5.32 Å². The van der Waals surface area contributed by atoms with Crippen LogP contribution in [0.4, 0.5) is 0 Å². The van der Waals surface area contributed by atoms with E-state index in [2.05, 4.69) is 25.4 Å². The van der Waals surface area contributed by atoms with Gasteiger partial charge in [-0.25, -0.2) is 0 Å². The van der Waals surface area contributed by atoms with E-state index in [1.807, 2.05) is 6.08 Å². The van der Waals surface area contributed by atoms with Crippen LogP contribution in [-0.4, -0.2) is 13.1 Å². The van der Waals surface area contributed by atoms with Crippen molar-refractivity contribution in [2.45, 2.75) is 32.6 Å². The molecule has 1 heteroatoms. The maximum Gasteiger partial charge on any atom is -0.00459 e. The highest BCUT2D eigenvalue weighted by Crippen LogP contribution is 1.98. The van der Waals surface area contributed by atoms with Crippen molar-refractivity contribution < 1.29 is 0 Å². The molecule has 0 heterocycles. The third kappa shape index (κ3) is 9.44. The Morgan fingerprint density at radius 3 is 2.58 bits per heavy atom. The van der Waals surface area contributed by atoms with Gasteiger partial charge in [0.25, 0.3) is 0 Å². The molecule has 0 rings (SSSR count). The quantitative estimate of drug-likeness (QED) is 0.433. The first-order valence-corrected chi connectivity index (χ1v) is 4.73. The first-order chi connectivity index (χ1) is 5.77. The van der Waals surface area contributed by atoms with Crippen LogP contribution >= 0.6 is 0 Å². The van der Waals surface area contributed by atoms with Crippen molar-refractivity contribution in [2.75, 3.05) is 13.1 Å². The first-order valence-electron chi connectivity index (χ1n) is 4.73. The molecule has 0 radical (unpaired) electrons. The molecule has 0 atom stereocenters. The summed E-state index contributed by atoms with van der Waals surface area (Å²) in [6.07, 6.45) is 6.65. The van der Waals surface area contributed by atoms with Gasteiger partial charge in [0, 0.05) is 0 Å². The summed E-state index contributed by atoms with van der Waals surface area (Å²) in [4.78, 5) is 0. The van der Waals surface area contributed by atoms with Gasteiger partial charge in [0.1, 0.15) is 0 Å². The zero-order valence-corrected chi connectivity index (χ0v) is 8.23. The summed E-state index contributed by atoms with van der Waals surface area (Å²) in [5.41, 5.74) is 1.28. The van der Waals surface area contributed by atoms with E-state index in [1.54, 1.807) is 0 Å². The van der Waals surface area contributed by atoms with Gasteiger partial charge in [-0.2, -0.15) is 0 Å². The third-order valence-electron chi connectivity index (χ3n) is 1.72. The lowest BCUT2D eigenvalue weighted by Gasteiger charge is -2.02. The van der Waals surface area contributed by atoms with E-state index >= 15 is 0 Å². The summed E-state index contributed by atoms with van der Waals surface area (Å²) < 4.78 is 0. The summed E-state index contributed by atoms with van der Waals surface area (Å²) in [6, 6.07) is 0. The van der Waals surface area contributed by atoms with Gasteiger partial charge >= 0.3 is 0 Å². The van der Waals surface area contributed by atoms with Gasteiger partial charge in [0.15, 0.2) is 0 Å². The van der Waals surface area contributed by atoms with Crippen molar-refractivity contribution in [3.05, 3.63) is 24.8 Å². The molecule has 0 aliphatic heterocycles. The molecule has 0 aromatic rings. The predicted molar refractivity (Wildman–Crippen MR) is 56.3 cm³/mol. The minimum absolute atomic E-state index is 1.11. The number of hydrogen-bond donors (Lipinski definition) is 1. The Morgan fingerprint density at radius 1 is 1.33 bits per heavy atom. The number of allylic oxidation sites excluding steroid dienone is 2. The predicted octanol–water partition coefficient (Wildman–Crippen LogP) is 2.90. The number of nitrogens with one attached hydrogen (secondary N) is 1. The largest absolute Gasteiger partial charge is 0.317 e. The zero-order valence-electron chi connectivity index (χ0n) is 8.23. The van der Waals surface area contributed by atoms with E-state index in [-0.39, 0.29) is 0 Å². The normalized spacial score (nSPS) is 9.75. The fourth-order valence-corrected chi connectivity index (χ4v) is 1.01. The van der Waals surface area contributed by atoms with E-state index in [4.69, 9.17) is 0 Å². The minimum Gasteiger partial charge on any atom is -0.317 e. The van der Waals surface area contributed by atoms with E-state index in [0.717, 1.165) is 25.9 Å². The van der Waals surface area contributed by atoms with Gasteiger partial charge in [-0.3, -0.25) is 0 Å². The molecule has 0 amide bonds. The van der Waals surface area contributed by atoms with Crippen LogP contribution in [0.3, 0.4) is 0 Å². The summed E-state index contributed by atoms with van der Waals surface area (Å²) in [7, 11) is 0. The Morgan fingerprint density at radius 2 is 2.00 bits per heavy atom. The fraction of sp³-hybridized carbons (Fsp3) is 0.636. The van der Waals surface area contributed by atoms with Crippen LogP contribution in [0.5, 0.6) is 0 Å². The molecule has 0 spiro atoms. The topological polar surface area (TPSA) is 12.0 Å². The van der Waals surface area contributed by atoms with Crippen LogP contribution in [0.25, 0.3) is 0 Å². The van der Waals surface area contributed by atoms with Crippen LogP contribution in [0.2, 0.25) is 0 Å². The molecule has 0 fully saturated rings. The maximum atomic E-state index is 3.86. The van der Waals surface area contributed by atoms with Crippen molar-refractivity contribution in [3.63, 3.8) is 0 Å². The maximum absolute atomic E-state index is 3.86. The second kappa shape index (κ2) is 8.54.